The second-order valence-electron chi connectivity index (χ2n) is 9.00. The van der Waals surface area contributed by atoms with Crippen LogP contribution in [0.2, 0.25) is 0 Å². The second-order valence-corrected chi connectivity index (χ2v) is 9.00. The molecule has 4 heterocycles. The summed E-state index contributed by atoms with van der Waals surface area (Å²) in [5, 5.41) is 0. The van der Waals surface area contributed by atoms with Crippen LogP contribution in [0.4, 0.5) is 5.82 Å². The molecule has 2 aromatic heterocycles. The number of carbonyl (C=O) groups is 2. The summed E-state index contributed by atoms with van der Waals surface area (Å²) in [6.45, 7) is 6.25. The van der Waals surface area contributed by atoms with Gasteiger partial charge in [-0.05, 0) is 42.5 Å². The Labute approximate surface area is 183 Å². The standard InChI is InChI=1S/C24H29N5O2/c1-18(30)27-11-13-28(14-12-27)22-5-4-21(16-26-22)24(7-8-24)23(31)29-10-6-20(17-29)19-3-2-9-25-15-19/h2-5,9,15-16,20H,6-8,10-14,17H2,1H3. The molecule has 1 unspecified atom stereocenters. The molecule has 2 amide bonds. The zero-order valence-electron chi connectivity index (χ0n) is 18.0. The molecule has 0 N–H and O–H groups in total. The van der Waals surface area contributed by atoms with Crippen LogP contribution in [0.1, 0.15) is 43.2 Å². The van der Waals surface area contributed by atoms with E-state index in [1.54, 1.807) is 13.1 Å². The predicted octanol–water partition coefficient (Wildman–Crippen LogP) is 2.19. The van der Waals surface area contributed by atoms with Crippen LogP contribution in [-0.4, -0.2) is 70.9 Å². The zero-order valence-corrected chi connectivity index (χ0v) is 18.0. The van der Waals surface area contributed by atoms with Gasteiger partial charge in [-0.1, -0.05) is 12.1 Å². The molecule has 0 spiro atoms. The number of likely N-dealkylation sites (tertiary alicyclic amines) is 1. The summed E-state index contributed by atoms with van der Waals surface area (Å²) in [6, 6.07) is 8.20. The Morgan fingerprint density at radius 3 is 2.42 bits per heavy atom. The van der Waals surface area contributed by atoms with Crippen LogP contribution >= 0.6 is 0 Å². The molecule has 3 aliphatic rings. The van der Waals surface area contributed by atoms with Crippen molar-refractivity contribution >= 4 is 17.6 Å². The highest BCUT2D eigenvalue weighted by Gasteiger charge is 2.54. The Morgan fingerprint density at radius 1 is 1.00 bits per heavy atom. The molecule has 5 rings (SSSR count). The van der Waals surface area contributed by atoms with Crippen LogP contribution < -0.4 is 4.90 Å². The average Bonchev–Trinajstić information content (AvgIpc) is 3.48. The molecule has 162 valence electrons. The summed E-state index contributed by atoms with van der Waals surface area (Å²) >= 11 is 0. The van der Waals surface area contributed by atoms with Crippen LogP contribution in [-0.2, 0) is 15.0 Å². The van der Waals surface area contributed by atoms with E-state index >= 15 is 0 Å². The van der Waals surface area contributed by atoms with E-state index in [-0.39, 0.29) is 17.2 Å². The van der Waals surface area contributed by atoms with Crippen molar-refractivity contribution in [1.82, 2.24) is 19.8 Å². The van der Waals surface area contributed by atoms with E-state index in [0.717, 1.165) is 69.9 Å². The summed E-state index contributed by atoms with van der Waals surface area (Å²) in [4.78, 5) is 40.0. The van der Waals surface area contributed by atoms with Gasteiger partial charge in [0.15, 0.2) is 0 Å². The summed E-state index contributed by atoms with van der Waals surface area (Å²) in [5.74, 6) is 1.68. The molecule has 0 radical (unpaired) electrons. The van der Waals surface area contributed by atoms with Crippen LogP contribution in [0, 0.1) is 0 Å². The van der Waals surface area contributed by atoms with E-state index in [0.29, 0.717) is 5.92 Å². The van der Waals surface area contributed by atoms with Gasteiger partial charge in [-0.25, -0.2) is 4.98 Å². The molecule has 31 heavy (non-hydrogen) atoms. The fourth-order valence-corrected chi connectivity index (χ4v) is 4.99. The third kappa shape index (κ3) is 3.77. The first-order valence-corrected chi connectivity index (χ1v) is 11.2. The van der Waals surface area contributed by atoms with E-state index < -0.39 is 0 Å². The Kier molecular flexibility index (Phi) is 5.12. The molecule has 2 aliphatic heterocycles. The van der Waals surface area contributed by atoms with Crippen LogP contribution in [0.5, 0.6) is 0 Å². The number of aromatic nitrogens is 2. The number of carbonyl (C=O) groups excluding carboxylic acids is 2. The number of anilines is 1. The number of piperazine rings is 1. The lowest BCUT2D eigenvalue weighted by molar-refractivity contribution is -0.133. The van der Waals surface area contributed by atoms with Gasteiger partial charge in [0.25, 0.3) is 0 Å². The first-order chi connectivity index (χ1) is 15.1. The van der Waals surface area contributed by atoms with Crippen LogP contribution in [0.15, 0.2) is 42.9 Å². The fraction of sp³-hybridized carbons (Fsp3) is 0.500. The Hall–Kier alpha value is -2.96. The minimum atomic E-state index is -0.386. The maximum absolute atomic E-state index is 13.4. The Balaban J connectivity index is 1.24. The van der Waals surface area contributed by atoms with Crippen LogP contribution in [0.3, 0.4) is 0 Å². The van der Waals surface area contributed by atoms with Gasteiger partial charge in [-0.3, -0.25) is 14.6 Å². The van der Waals surface area contributed by atoms with E-state index in [4.69, 9.17) is 4.98 Å². The van der Waals surface area contributed by atoms with Crippen molar-refractivity contribution in [3.05, 3.63) is 54.0 Å². The monoisotopic (exact) mass is 419 g/mol. The largest absolute Gasteiger partial charge is 0.353 e. The molecule has 0 aromatic carbocycles. The van der Waals surface area contributed by atoms with E-state index in [1.807, 2.05) is 34.3 Å². The van der Waals surface area contributed by atoms with Gasteiger partial charge >= 0.3 is 0 Å². The molecular formula is C24H29N5O2. The summed E-state index contributed by atoms with van der Waals surface area (Å²) < 4.78 is 0. The van der Waals surface area contributed by atoms with Gasteiger partial charge < -0.3 is 14.7 Å². The van der Waals surface area contributed by atoms with E-state index in [2.05, 4.69) is 22.0 Å². The van der Waals surface area contributed by atoms with Gasteiger partial charge in [0.1, 0.15) is 5.82 Å². The smallest absolute Gasteiger partial charge is 0.233 e. The SMILES string of the molecule is CC(=O)N1CCN(c2ccc(C3(C(=O)N4CCC(c5cccnc5)C4)CC3)cn2)CC1. The predicted molar refractivity (Wildman–Crippen MR) is 118 cm³/mol. The third-order valence-corrected chi connectivity index (χ3v) is 7.14. The number of pyridine rings is 2. The molecule has 1 atom stereocenters. The highest BCUT2D eigenvalue weighted by Crippen LogP contribution is 2.50. The lowest BCUT2D eigenvalue weighted by atomic mass is 9.95. The molecule has 7 heteroatoms. The first-order valence-electron chi connectivity index (χ1n) is 11.2. The molecule has 0 bridgehead atoms. The number of amides is 2. The van der Waals surface area contributed by atoms with E-state index in [9.17, 15) is 9.59 Å². The lowest BCUT2D eigenvalue weighted by Crippen LogP contribution is -2.48. The highest BCUT2D eigenvalue weighted by molar-refractivity contribution is 5.91. The average molecular weight is 420 g/mol. The highest BCUT2D eigenvalue weighted by atomic mass is 16.2. The number of nitrogens with zero attached hydrogens (tertiary/aromatic N) is 5. The topological polar surface area (TPSA) is 69.6 Å². The van der Waals surface area contributed by atoms with Crippen LogP contribution in [0.25, 0.3) is 0 Å². The van der Waals surface area contributed by atoms with Gasteiger partial charge in [0, 0.05) is 70.7 Å². The van der Waals surface area contributed by atoms with E-state index in [1.165, 1.54) is 5.56 Å². The van der Waals surface area contributed by atoms with Gasteiger partial charge in [0.05, 0.1) is 5.41 Å². The zero-order chi connectivity index (χ0) is 21.4. The van der Waals surface area contributed by atoms with Gasteiger partial charge in [-0.15, -0.1) is 0 Å². The van der Waals surface area contributed by atoms with Crippen molar-refractivity contribution in [3.8, 4) is 0 Å². The van der Waals surface area contributed by atoms with Gasteiger partial charge in [-0.2, -0.15) is 0 Å². The molecule has 2 saturated heterocycles. The minimum absolute atomic E-state index is 0.129. The quantitative estimate of drug-likeness (QED) is 0.760. The van der Waals surface area contributed by atoms with Crippen molar-refractivity contribution in [2.75, 3.05) is 44.2 Å². The van der Waals surface area contributed by atoms with Crippen molar-refractivity contribution < 1.29 is 9.59 Å². The molecule has 3 fully saturated rings. The van der Waals surface area contributed by atoms with Crippen molar-refractivity contribution in [1.29, 1.82) is 0 Å². The normalized spacial score (nSPS) is 22.5. The third-order valence-electron chi connectivity index (χ3n) is 7.14. The van der Waals surface area contributed by atoms with Crippen molar-refractivity contribution in [2.45, 2.75) is 37.5 Å². The minimum Gasteiger partial charge on any atom is -0.353 e. The maximum atomic E-state index is 13.4. The molecular weight excluding hydrogens is 390 g/mol. The molecule has 1 aliphatic carbocycles. The molecule has 7 nitrogen and oxygen atoms in total. The first kappa shape index (κ1) is 20.0. The van der Waals surface area contributed by atoms with Gasteiger partial charge in [0.2, 0.25) is 11.8 Å². The van der Waals surface area contributed by atoms with Crippen molar-refractivity contribution in [2.24, 2.45) is 0 Å². The number of rotatable bonds is 4. The second kappa shape index (κ2) is 7.94. The molecule has 1 saturated carbocycles. The van der Waals surface area contributed by atoms with Crippen molar-refractivity contribution in [3.63, 3.8) is 0 Å². The number of hydrogen-bond acceptors (Lipinski definition) is 5. The Morgan fingerprint density at radius 2 is 1.81 bits per heavy atom. The summed E-state index contributed by atoms with van der Waals surface area (Å²) in [5.41, 5.74) is 1.87. The maximum Gasteiger partial charge on any atom is 0.233 e. The molecule has 2 aromatic rings. The summed E-state index contributed by atoms with van der Waals surface area (Å²) in [6.07, 6.45) is 8.41. The number of hydrogen-bond donors (Lipinski definition) is 0. The summed E-state index contributed by atoms with van der Waals surface area (Å²) in [7, 11) is 0. The Bertz CT molecular complexity index is 950. The fourth-order valence-electron chi connectivity index (χ4n) is 4.99. The lowest BCUT2D eigenvalue weighted by Gasteiger charge is -2.35.